The zero-order valence-corrected chi connectivity index (χ0v) is 10.8. The molecule has 2 rings (SSSR count). The fraction of sp³-hybridized carbons (Fsp3) is 0.545. The maximum atomic E-state index is 10.6. The standard InChI is InChI=1S/C11H14ClN3O3/c1-14(8-2-3-8)4-5-18-11-7-9(15(16)17)6-10(12)13-11/h6-8H,2-5H2,1H3. The molecule has 98 valence electrons. The average molecular weight is 272 g/mol. The highest BCUT2D eigenvalue weighted by Gasteiger charge is 2.25. The summed E-state index contributed by atoms with van der Waals surface area (Å²) in [6.45, 7) is 1.21. The molecule has 1 aliphatic rings. The summed E-state index contributed by atoms with van der Waals surface area (Å²) in [6.07, 6.45) is 2.47. The molecular weight excluding hydrogens is 258 g/mol. The first-order chi connectivity index (χ1) is 8.56. The Labute approximate surface area is 110 Å². The molecule has 0 amide bonds. The van der Waals surface area contributed by atoms with Gasteiger partial charge in [-0.2, -0.15) is 0 Å². The number of halogens is 1. The third-order valence-corrected chi connectivity index (χ3v) is 3.02. The van der Waals surface area contributed by atoms with E-state index in [0.717, 1.165) is 6.54 Å². The first kappa shape index (κ1) is 13.0. The SMILES string of the molecule is CN(CCOc1cc([N+](=O)[O-])cc(Cl)n1)C1CC1. The van der Waals surface area contributed by atoms with Gasteiger partial charge in [0.1, 0.15) is 11.8 Å². The lowest BCUT2D eigenvalue weighted by Crippen LogP contribution is -2.26. The largest absolute Gasteiger partial charge is 0.476 e. The molecule has 1 fully saturated rings. The molecule has 0 aromatic carbocycles. The van der Waals surface area contributed by atoms with Crippen LogP contribution in [0.15, 0.2) is 12.1 Å². The van der Waals surface area contributed by atoms with Gasteiger partial charge >= 0.3 is 0 Å². The molecule has 0 saturated heterocycles. The van der Waals surface area contributed by atoms with E-state index < -0.39 is 4.92 Å². The predicted octanol–water partition coefficient (Wildman–Crippen LogP) is 2.12. The van der Waals surface area contributed by atoms with Crippen molar-refractivity contribution in [1.82, 2.24) is 9.88 Å². The number of hydrogen-bond acceptors (Lipinski definition) is 5. The molecule has 1 heterocycles. The number of ether oxygens (including phenoxy) is 1. The van der Waals surface area contributed by atoms with Crippen molar-refractivity contribution in [3.05, 3.63) is 27.4 Å². The van der Waals surface area contributed by atoms with Gasteiger partial charge in [-0.05, 0) is 19.9 Å². The molecule has 0 N–H and O–H groups in total. The van der Waals surface area contributed by atoms with Crippen LogP contribution in [0.1, 0.15) is 12.8 Å². The topological polar surface area (TPSA) is 68.5 Å². The number of hydrogen-bond donors (Lipinski definition) is 0. The smallest absolute Gasteiger partial charge is 0.277 e. The van der Waals surface area contributed by atoms with Crippen LogP contribution in [-0.2, 0) is 0 Å². The van der Waals surface area contributed by atoms with E-state index in [1.54, 1.807) is 0 Å². The van der Waals surface area contributed by atoms with Crippen molar-refractivity contribution >= 4 is 17.3 Å². The summed E-state index contributed by atoms with van der Waals surface area (Å²) in [7, 11) is 2.04. The summed E-state index contributed by atoms with van der Waals surface area (Å²) < 4.78 is 5.38. The van der Waals surface area contributed by atoms with Gasteiger partial charge in [-0.15, -0.1) is 0 Å². The molecule has 0 aliphatic heterocycles. The van der Waals surface area contributed by atoms with E-state index in [2.05, 4.69) is 9.88 Å². The van der Waals surface area contributed by atoms with E-state index >= 15 is 0 Å². The van der Waals surface area contributed by atoms with E-state index in [1.807, 2.05) is 7.05 Å². The molecule has 0 atom stereocenters. The molecule has 1 aliphatic carbocycles. The fourth-order valence-corrected chi connectivity index (χ4v) is 1.83. The Morgan fingerprint density at radius 1 is 1.61 bits per heavy atom. The molecule has 18 heavy (non-hydrogen) atoms. The third-order valence-electron chi connectivity index (χ3n) is 2.83. The van der Waals surface area contributed by atoms with Crippen molar-refractivity contribution in [2.24, 2.45) is 0 Å². The summed E-state index contributed by atoms with van der Waals surface area (Å²) in [5.74, 6) is 0.193. The van der Waals surface area contributed by atoms with Crippen molar-refractivity contribution < 1.29 is 9.66 Å². The Balaban J connectivity index is 1.89. The van der Waals surface area contributed by atoms with Crippen LogP contribution in [0.4, 0.5) is 5.69 Å². The minimum absolute atomic E-state index is 0.0646. The number of rotatable bonds is 6. The van der Waals surface area contributed by atoms with Gasteiger partial charge in [0.25, 0.3) is 5.69 Å². The van der Waals surface area contributed by atoms with Gasteiger partial charge in [-0.3, -0.25) is 10.1 Å². The first-order valence-corrected chi connectivity index (χ1v) is 6.09. The monoisotopic (exact) mass is 271 g/mol. The van der Waals surface area contributed by atoms with E-state index in [0.29, 0.717) is 12.6 Å². The van der Waals surface area contributed by atoms with E-state index in [9.17, 15) is 10.1 Å². The predicted molar refractivity (Wildman–Crippen MR) is 67.0 cm³/mol. The van der Waals surface area contributed by atoms with Crippen molar-refractivity contribution in [3.63, 3.8) is 0 Å². The average Bonchev–Trinajstić information content (AvgIpc) is 3.11. The summed E-state index contributed by atoms with van der Waals surface area (Å²) >= 11 is 5.69. The molecule has 1 aromatic rings. The van der Waals surface area contributed by atoms with Crippen LogP contribution in [0, 0.1) is 10.1 Å². The van der Waals surface area contributed by atoms with Gasteiger partial charge in [0.2, 0.25) is 5.88 Å². The van der Waals surface area contributed by atoms with Crippen molar-refractivity contribution in [1.29, 1.82) is 0 Å². The van der Waals surface area contributed by atoms with Crippen LogP contribution < -0.4 is 4.74 Å². The zero-order valence-electron chi connectivity index (χ0n) is 10.0. The van der Waals surface area contributed by atoms with Gasteiger partial charge in [-0.1, -0.05) is 11.6 Å². The summed E-state index contributed by atoms with van der Waals surface area (Å²) in [6, 6.07) is 3.14. The van der Waals surface area contributed by atoms with Crippen LogP contribution >= 0.6 is 11.6 Å². The van der Waals surface area contributed by atoms with Crippen molar-refractivity contribution in [3.8, 4) is 5.88 Å². The Morgan fingerprint density at radius 2 is 2.33 bits per heavy atom. The third kappa shape index (κ3) is 3.54. The number of nitro groups is 1. The Kier molecular flexibility index (Phi) is 3.98. The van der Waals surface area contributed by atoms with E-state index in [1.165, 1.54) is 25.0 Å². The number of pyridine rings is 1. The van der Waals surface area contributed by atoms with Crippen LogP contribution in [-0.4, -0.2) is 41.0 Å². The van der Waals surface area contributed by atoms with Crippen molar-refractivity contribution in [2.75, 3.05) is 20.2 Å². The van der Waals surface area contributed by atoms with Gasteiger partial charge < -0.3 is 9.64 Å². The Morgan fingerprint density at radius 3 is 2.94 bits per heavy atom. The van der Waals surface area contributed by atoms with E-state index in [-0.39, 0.29) is 16.7 Å². The molecule has 0 radical (unpaired) electrons. The van der Waals surface area contributed by atoms with E-state index in [4.69, 9.17) is 16.3 Å². The maximum absolute atomic E-state index is 10.6. The second-order valence-electron chi connectivity index (χ2n) is 4.30. The molecule has 0 bridgehead atoms. The molecule has 0 unspecified atom stereocenters. The van der Waals surface area contributed by atoms with Crippen LogP contribution in [0.2, 0.25) is 5.15 Å². The maximum Gasteiger partial charge on any atom is 0.277 e. The number of aromatic nitrogens is 1. The Bertz CT molecular complexity index is 451. The van der Waals surface area contributed by atoms with Crippen molar-refractivity contribution in [2.45, 2.75) is 18.9 Å². The normalized spacial score (nSPS) is 14.8. The quantitative estimate of drug-likeness (QED) is 0.450. The lowest BCUT2D eigenvalue weighted by atomic mass is 10.4. The lowest BCUT2D eigenvalue weighted by Gasteiger charge is -2.15. The highest BCUT2D eigenvalue weighted by atomic mass is 35.5. The molecule has 1 aromatic heterocycles. The lowest BCUT2D eigenvalue weighted by molar-refractivity contribution is -0.385. The second kappa shape index (κ2) is 5.49. The van der Waals surface area contributed by atoms with Crippen LogP contribution in [0.25, 0.3) is 0 Å². The molecule has 6 nitrogen and oxygen atoms in total. The summed E-state index contributed by atoms with van der Waals surface area (Å²) in [5.41, 5.74) is -0.111. The minimum Gasteiger partial charge on any atom is -0.476 e. The van der Waals surface area contributed by atoms with Gasteiger partial charge in [0, 0.05) is 12.6 Å². The summed E-state index contributed by atoms with van der Waals surface area (Å²) in [4.78, 5) is 16.2. The first-order valence-electron chi connectivity index (χ1n) is 5.71. The molecule has 7 heteroatoms. The Hall–Kier alpha value is -1.40. The highest BCUT2D eigenvalue weighted by Crippen LogP contribution is 2.25. The highest BCUT2D eigenvalue weighted by molar-refractivity contribution is 6.29. The minimum atomic E-state index is -0.517. The van der Waals surface area contributed by atoms with Crippen LogP contribution in [0.5, 0.6) is 5.88 Å². The summed E-state index contributed by atoms with van der Waals surface area (Å²) in [5, 5.41) is 10.7. The van der Waals surface area contributed by atoms with Gasteiger partial charge in [0.15, 0.2) is 0 Å². The molecule has 0 spiro atoms. The van der Waals surface area contributed by atoms with Gasteiger partial charge in [0.05, 0.1) is 17.1 Å². The fourth-order valence-electron chi connectivity index (χ4n) is 1.63. The second-order valence-corrected chi connectivity index (χ2v) is 4.69. The molecule has 1 saturated carbocycles. The number of nitrogens with zero attached hydrogens (tertiary/aromatic N) is 3. The zero-order chi connectivity index (χ0) is 13.1. The number of likely N-dealkylation sites (N-methyl/N-ethyl adjacent to an activating group) is 1. The molecular formula is C11H14ClN3O3. The van der Waals surface area contributed by atoms with Gasteiger partial charge in [-0.25, -0.2) is 4.98 Å². The van der Waals surface area contributed by atoms with Crippen LogP contribution in [0.3, 0.4) is 0 Å².